The second kappa shape index (κ2) is 10.8. The highest BCUT2D eigenvalue weighted by Gasteiger charge is 2.13. The van der Waals surface area contributed by atoms with Crippen molar-refractivity contribution in [2.45, 2.75) is 37.9 Å². The lowest BCUT2D eigenvalue weighted by atomic mass is 10.1. The maximum atomic E-state index is 13.0. The zero-order chi connectivity index (χ0) is 21.3. The minimum atomic E-state index is -0.335. The number of anilines is 1. The predicted octanol–water partition coefficient (Wildman–Crippen LogP) is 4.35. The van der Waals surface area contributed by atoms with Crippen molar-refractivity contribution in [3.8, 4) is 5.75 Å². The van der Waals surface area contributed by atoms with Gasteiger partial charge in [0.05, 0.1) is 12.9 Å². The molecular formula is C22H25FN4O2S. The van der Waals surface area contributed by atoms with Gasteiger partial charge in [-0.2, -0.15) is 0 Å². The molecule has 0 radical (unpaired) electrons. The summed E-state index contributed by atoms with van der Waals surface area (Å²) < 4.78 is 20.2. The molecule has 0 saturated heterocycles. The maximum absolute atomic E-state index is 13.0. The first-order valence-electron chi connectivity index (χ1n) is 9.82. The molecule has 1 aromatic heterocycles. The molecule has 30 heavy (non-hydrogen) atoms. The highest BCUT2D eigenvalue weighted by Crippen LogP contribution is 2.19. The van der Waals surface area contributed by atoms with Gasteiger partial charge in [0.15, 0.2) is 5.16 Å². The van der Waals surface area contributed by atoms with E-state index < -0.39 is 0 Å². The number of ether oxygens (including phenoxy) is 1. The van der Waals surface area contributed by atoms with Crippen LogP contribution in [0.25, 0.3) is 0 Å². The smallest absolute Gasteiger partial charge is 0.234 e. The van der Waals surface area contributed by atoms with Crippen molar-refractivity contribution in [2.75, 3.05) is 18.2 Å². The van der Waals surface area contributed by atoms with Gasteiger partial charge in [-0.1, -0.05) is 23.9 Å². The minimum Gasteiger partial charge on any atom is -0.497 e. The molecule has 0 bridgehead atoms. The number of aryl methyl sites for hydroxylation is 2. The molecular weight excluding hydrogens is 403 g/mol. The molecule has 0 aliphatic rings. The van der Waals surface area contributed by atoms with Crippen molar-refractivity contribution in [1.29, 1.82) is 0 Å². The number of thioether (sulfide) groups is 1. The molecule has 1 N–H and O–H groups in total. The van der Waals surface area contributed by atoms with Crippen LogP contribution in [0.2, 0.25) is 0 Å². The molecule has 0 aliphatic heterocycles. The number of aromatic nitrogens is 3. The molecule has 6 nitrogen and oxygen atoms in total. The molecule has 8 heteroatoms. The van der Waals surface area contributed by atoms with Gasteiger partial charge in [-0.3, -0.25) is 4.79 Å². The molecule has 0 spiro atoms. The Labute approximate surface area is 179 Å². The predicted molar refractivity (Wildman–Crippen MR) is 116 cm³/mol. The van der Waals surface area contributed by atoms with Crippen molar-refractivity contribution in [2.24, 2.45) is 0 Å². The lowest BCUT2D eigenvalue weighted by molar-refractivity contribution is -0.113. The fourth-order valence-electron chi connectivity index (χ4n) is 3.03. The topological polar surface area (TPSA) is 69.0 Å². The van der Waals surface area contributed by atoms with E-state index >= 15 is 0 Å². The van der Waals surface area contributed by atoms with Gasteiger partial charge >= 0.3 is 0 Å². The third kappa shape index (κ3) is 6.06. The van der Waals surface area contributed by atoms with E-state index in [4.69, 9.17) is 4.74 Å². The number of rotatable bonds is 10. The van der Waals surface area contributed by atoms with Crippen LogP contribution >= 0.6 is 11.8 Å². The molecule has 0 fully saturated rings. The number of halogens is 1. The first kappa shape index (κ1) is 21.8. The number of benzene rings is 2. The van der Waals surface area contributed by atoms with E-state index in [1.807, 2.05) is 23.6 Å². The summed E-state index contributed by atoms with van der Waals surface area (Å²) in [5.74, 6) is 1.49. The van der Waals surface area contributed by atoms with E-state index in [-0.39, 0.29) is 17.5 Å². The molecule has 3 rings (SSSR count). The summed E-state index contributed by atoms with van der Waals surface area (Å²) in [6, 6.07) is 13.8. The molecule has 2 aromatic carbocycles. The summed E-state index contributed by atoms with van der Waals surface area (Å²) in [7, 11) is 1.66. The van der Waals surface area contributed by atoms with Crippen LogP contribution in [0.4, 0.5) is 10.1 Å². The van der Waals surface area contributed by atoms with Gasteiger partial charge in [0.1, 0.15) is 17.4 Å². The summed E-state index contributed by atoms with van der Waals surface area (Å²) in [5, 5.41) is 12.1. The van der Waals surface area contributed by atoms with Crippen molar-refractivity contribution >= 4 is 23.4 Å². The van der Waals surface area contributed by atoms with E-state index in [1.165, 1.54) is 41.6 Å². The normalized spacial score (nSPS) is 10.8. The molecule has 158 valence electrons. The molecule has 0 unspecified atom stereocenters. The van der Waals surface area contributed by atoms with Gasteiger partial charge < -0.3 is 14.6 Å². The maximum Gasteiger partial charge on any atom is 0.234 e. The van der Waals surface area contributed by atoms with Crippen LogP contribution in [0, 0.1) is 5.82 Å². The van der Waals surface area contributed by atoms with Crippen LogP contribution in [0.1, 0.15) is 24.7 Å². The standard InChI is InChI=1S/C22H25FN4O2S/c1-3-27-20(6-4-5-16-7-13-19(29-2)14-8-16)25-26-22(27)30-15-21(28)24-18-11-9-17(23)10-12-18/h7-14H,3-6,15H2,1-2H3,(H,24,28). The zero-order valence-electron chi connectivity index (χ0n) is 17.1. The minimum absolute atomic E-state index is 0.168. The van der Waals surface area contributed by atoms with Gasteiger partial charge in [0.25, 0.3) is 0 Å². The Morgan fingerprint density at radius 3 is 2.50 bits per heavy atom. The van der Waals surface area contributed by atoms with Crippen molar-refractivity contribution in [3.63, 3.8) is 0 Å². The van der Waals surface area contributed by atoms with Gasteiger partial charge in [0, 0.05) is 18.7 Å². The zero-order valence-corrected chi connectivity index (χ0v) is 17.9. The molecule has 1 heterocycles. The third-order valence-electron chi connectivity index (χ3n) is 4.59. The number of methoxy groups -OCH3 is 1. The number of carbonyl (C=O) groups is 1. The largest absolute Gasteiger partial charge is 0.497 e. The Morgan fingerprint density at radius 1 is 1.10 bits per heavy atom. The molecule has 0 saturated carbocycles. The van der Waals surface area contributed by atoms with E-state index in [9.17, 15) is 9.18 Å². The summed E-state index contributed by atoms with van der Waals surface area (Å²) in [5.41, 5.74) is 1.82. The molecule has 3 aromatic rings. The SMILES string of the molecule is CCn1c(CCCc2ccc(OC)cc2)nnc1SCC(=O)Nc1ccc(F)cc1. The number of hydrogen-bond donors (Lipinski definition) is 1. The van der Waals surface area contributed by atoms with Crippen LogP contribution in [0.15, 0.2) is 53.7 Å². The first-order valence-corrected chi connectivity index (χ1v) is 10.8. The van der Waals surface area contributed by atoms with E-state index in [0.29, 0.717) is 5.69 Å². The van der Waals surface area contributed by atoms with Crippen LogP contribution in [-0.4, -0.2) is 33.5 Å². The van der Waals surface area contributed by atoms with Gasteiger partial charge in [0.2, 0.25) is 5.91 Å². The number of nitrogens with one attached hydrogen (secondary N) is 1. The van der Waals surface area contributed by atoms with Crippen molar-refractivity contribution < 1.29 is 13.9 Å². The number of nitrogens with zero attached hydrogens (tertiary/aromatic N) is 3. The second-order valence-electron chi connectivity index (χ2n) is 6.69. The summed E-state index contributed by atoms with van der Waals surface area (Å²) in [4.78, 5) is 12.2. The van der Waals surface area contributed by atoms with E-state index in [2.05, 4.69) is 27.6 Å². The Kier molecular flexibility index (Phi) is 7.84. The first-order chi connectivity index (χ1) is 14.6. The highest BCUT2D eigenvalue weighted by atomic mass is 32.2. The van der Waals surface area contributed by atoms with E-state index in [1.54, 1.807) is 7.11 Å². The Bertz CT molecular complexity index is 958. The summed E-state index contributed by atoms with van der Waals surface area (Å²) in [6.45, 7) is 2.78. The summed E-state index contributed by atoms with van der Waals surface area (Å²) in [6.07, 6.45) is 2.72. The van der Waals surface area contributed by atoms with Gasteiger partial charge in [-0.25, -0.2) is 4.39 Å². The van der Waals surface area contributed by atoms with Crippen LogP contribution in [-0.2, 0) is 24.2 Å². The van der Waals surface area contributed by atoms with Crippen LogP contribution < -0.4 is 10.1 Å². The lowest BCUT2D eigenvalue weighted by Crippen LogP contribution is -2.14. The summed E-state index contributed by atoms with van der Waals surface area (Å²) >= 11 is 1.35. The number of amides is 1. The quantitative estimate of drug-likeness (QED) is 0.486. The Hall–Kier alpha value is -2.87. The van der Waals surface area contributed by atoms with E-state index in [0.717, 1.165) is 42.5 Å². The van der Waals surface area contributed by atoms with Crippen LogP contribution in [0.5, 0.6) is 5.75 Å². The highest BCUT2D eigenvalue weighted by molar-refractivity contribution is 7.99. The second-order valence-corrected chi connectivity index (χ2v) is 7.63. The van der Waals surface area contributed by atoms with Gasteiger partial charge in [-0.15, -0.1) is 10.2 Å². The Morgan fingerprint density at radius 2 is 1.83 bits per heavy atom. The number of hydrogen-bond acceptors (Lipinski definition) is 5. The van der Waals surface area contributed by atoms with Crippen molar-refractivity contribution in [1.82, 2.24) is 14.8 Å². The third-order valence-corrected chi connectivity index (χ3v) is 5.56. The number of carbonyl (C=O) groups excluding carboxylic acids is 1. The van der Waals surface area contributed by atoms with Crippen molar-refractivity contribution in [3.05, 3.63) is 65.7 Å². The van der Waals surface area contributed by atoms with Gasteiger partial charge in [-0.05, 0) is 61.7 Å². The fourth-order valence-corrected chi connectivity index (χ4v) is 3.85. The Balaban J connectivity index is 1.50. The van der Waals surface area contributed by atoms with Crippen LogP contribution in [0.3, 0.4) is 0 Å². The lowest BCUT2D eigenvalue weighted by Gasteiger charge is -2.08. The molecule has 0 atom stereocenters. The average molecular weight is 429 g/mol. The molecule has 0 aliphatic carbocycles. The average Bonchev–Trinajstić information content (AvgIpc) is 3.16. The molecule has 1 amide bonds. The fraction of sp³-hybridized carbons (Fsp3) is 0.318. The monoisotopic (exact) mass is 428 g/mol.